The topological polar surface area (TPSA) is 81.6 Å². The van der Waals surface area contributed by atoms with Crippen molar-refractivity contribution in [2.24, 2.45) is 11.5 Å². The molecule has 0 atom stereocenters. The highest BCUT2D eigenvalue weighted by Gasteiger charge is 2.14. The number of carbonyl (C=O) groups excluding carboxylic acids is 1. The summed E-state index contributed by atoms with van der Waals surface area (Å²) in [6, 6.07) is 5.34. The van der Waals surface area contributed by atoms with Gasteiger partial charge in [0.15, 0.2) is 0 Å². The molecule has 1 rings (SSSR count). The summed E-state index contributed by atoms with van der Waals surface area (Å²) in [6.45, 7) is 2.65. The molecule has 1 aromatic carbocycles. The number of hydrogen-bond acceptors (Lipinski definition) is 4. The van der Waals surface area contributed by atoms with E-state index in [1.807, 2.05) is 6.92 Å². The Hall–Kier alpha value is -1.82. The van der Waals surface area contributed by atoms with Crippen molar-refractivity contribution in [3.05, 3.63) is 23.8 Å². The van der Waals surface area contributed by atoms with Crippen LogP contribution in [0.4, 0.5) is 5.69 Å². The second kappa shape index (κ2) is 6.20. The molecule has 1 amide bonds. The molecule has 0 aliphatic carbocycles. The van der Waals surface area contributed by atoms with Crippen molar-refractivity contribution in [3.63, 3.8) is 0 Å². The highest BCUT2D eigenvalue weighted by Crippen LogP contribution is 2.26. The molecule has 5 nitrogen and oxygen atoms in total. The van der Waals surface area contributed by atoms with Crippen molar-refractivity contribution >= 4 is 28.8 Å². The number of methoxy groups -OCH3 is 1. The van der Waals surface area contributed by atoms with Gasteiger partial charge in [-0.2, -0.15) is 0 Å². The quantitative estimate of drug-likeness (QED) is 0.739. The highest BCUT2D eigenvalue weighted by molar-refractivity contribution is 7.80. The minimum absolute atomic E-state index is 0.110. The lowest BCUT2D eigenvalue weighted by Gasteiger charge is -2.24. The Kier molecular flexibility index (Phi) is 4.91. The van der Waals surface area contributed by atoms with E-state index < -0.39 is 5.91 Å². The van der Waals surface area contributed by atoms with Crippen molar-refractivity contribution in [1.82, 2.24) is 0 Å². The third-order valence-corrected chi connectivity index (χ3v) is 2.76. The maximum absolute atomic E-state index is 11.1. The number of ether oxygens (including phenoxy) is 1. The van der Waals surface area contributed by atoms with Gasteiger partial charge in [0.25, 0.3) is 0 Å². The van der Waals surface area contributed by atoms with Gasteiger partial charge in [-0.1, -0.05) is 12.2 Å². The molecule has 0 heterocycles. The second-order valence-corrected chi connectivity index (χ2v) is 4.17. The second-order valence-electron chi connectivity index (χ2n) is 3.73. The summed E-state index contributed by atoms with van der Waals surface area (Å²) >= 11 is 5.00. The van der Waals surface area contributed by atoms with Crippen LogP contribution in [0.1, 0.15) is 12.5 Å². The Labute approximate surface area is 112 Å². The molecule has 0 unspecified atom stereocenters. The van der Waals surface area contributed by atoms with E-state index in [4.69, 9.17) is 28.4 Å². The number of nitrogens with two attached hydrogens (primary N) is 2. The number of primary amides is 1. The standard InChI is InChI=1S/C12H17N3O2S/c1-3-15(7-11(13)16)10-6-8(17-2)4-5-9(10)12(14)18/h4-6H,3,7H2,1-2H3,(H2,13,16)(H2,14,18). The molecule has 0 fully saturated rings. The van der Waals surface area contributed by atoms with Crippen LogP contribution in [-0.4, -0.2) is 31.1 Å². The number of nitrogens with zero attached hydrogens (tertiary/aromatic N) is 1. The van der Waals surface area contributed by atoms with E-state index in [-0.39, 0.29) is 11.5 Å². The van der Waals surface area contributed by atoms with Gasteiger partial charge in [0, 0.05) is 18.2 Å². The monoisotopic (exact) mass is 267 g/mol. The van der Waals surface area contributed by atoms with Gasteiger partial charge in [-0.15, -0.1) is 0 Å². The van der Waals surface area contributed by atoms with E-state index in [9.17, 15) is 4.79 Å². The number of amides is 1. The summed E-state index contributed by atoms with van der Waals surface area (Å²) < 4.78 is 5.16. The fraction of sp³-hybridized carbons (Fsp3) is 0.333. The lowest BCUT2D eigenvalue weighted by atomic mass is 10.1. The maximum Gasteiger partial charge on any atom is 0.236 e. The molecule has 0 bridgehead atoms. The molecule has 4 N–H and O–H groups in total. The number of rotatable bonds is 6. The van der Waals surface area contributed by atoms with E-state index in [1.165, 1.54) is 0 Å². The van der Waals surface area contributed by atoms with E-state index in [0.717, 1.165) is 5.69 Å². The first-order valence-corrected chi connectivity index (χ1v) is 5.91. The van der Waals surface area contributed by atoms with E-state index in [1.54, 1.807) is 30.2 Å². The molecule has 0 spiro atoms. The summed E-state index contributed by atoms with van der Waals surface area (Å²) in [6.07, 6.45) is 0. The molecular formula is C12H17N3O2S. The Balaban J connectivity index is 3.23. The molecule has 0 aliphatic rings. The van der Waals surface area contributed by atoms with Crippen LogP contribution in [0.5, 0.6) is 5.75 Å². The Bertz CT molecular complexity index is 463. The van der Waals surface area contributed by atoms with Crippen LogP contribution in [0, 0.1) is 0 Å². The number of benzene rings is 1. The number of likely N-dealkylation sites (N-methyl/N-ethyl adjacent to an activating group) is 1. The average molecular weight is 267 g/mol. The van der Waals surface area contributed by atoms with Gasteiger partial charge in [0.2, 0.25) is 5.91 Å². The summed E-state index contributed by atoms with van der Waals surface area (Å²) in [4.78, 5) is 13.1. The molecule has 0 aromatic heterocycles. The summed E-state index contributed by atoms with van der Waals surface area (Å²) in [5.74, 6) is 0.265. The van der Waals surface area contributed by atoms with Crippen molar-refractivity contribution in [2.75, 3.05) is 25.1 Å². The van der Waals surface area contributed by atoms with Crippen LogP contribution in [0.15, 0.2) is 18.2 Å². The predicted octanol–water partition coefficient (Wildman–Crippen LogP) is 0.641. The van der Waals surface area contributed by atoms with E-state index >= 15 is 0 Å². The van der Waals surface area contributed by atoms with E-state index in [2.05, 4.69) is 0 Å². The number of thiocarbonyl (C=S) groups is 1. The van der Waals surface area contributed by atoms with Gasteiger partial charge in [0.05, 0.1) is 19.3 Å². The molecular weight excluding hydrogens is 250 g/mol. The lowest BCUT2D eigenvalue weighted by Crippen LogP contribution is -2.35. The molecule has 0 aliphatic heterocycles. The normalized spacial score (nSPS) is 9.89. The van der Waals surface area contributed by atoms with Crippen molar-refractivity contribution in [3.8, 4) is 5.75 Å². The zero-order valence-corrected chi connectivity index (χ0v) is 11.3. The first kappa shape index (κ1) is 14.2. The van der Waals surface area contributed by atoms with Crippen LogP contribution < -0.4 is 21.1 Å². The van der Waals surface area contributed by atoms with Crippen LogP contribution in [0.2, 0.25) is 0 Å². The van der Waals surface area contributed by atoms with Gasteiger partial charge in [-0.3, -0.25) is 4.79 Å². The fourth-order valence-corrected chi connectivity index (χ4v) is 1.84. The van der Waals surface area contributed by atoms with Gasteiger partial charge in [-0.05, 0) is 19.1 Å². The van der Waals surface area contributed by atoms with Crippen molar-refractivity contribution in [1.29, 1.82) is 0 Å². The third kappa shape index (κ3) is 3.33. The zero-order valence-electron chi connectivity index (χ0n) is 10.5. The SMILES string of the molecule is CCN(CC(N)=O)c1cc(OC)ccc1C(N)=S. The molecule has 18 heavy (non-hydrogen) atoms. The minimum atomic E-state index is -0.409. The van der Waals surface area contributed by atoms with E-state index in [0.29, 0.717) is 17.9 Å². The van der Waals surface area contributed by atoms with Crippen LogP contribution in [0.25, 0.3) is 0 Å². The minimum Gasteiger partial charge on any atom is -0.497 e. The fourth-order valence-electron chi connectivity index (χ4n) is 1.66. The third-order valence-electron chi connectivity index (χ3n) is 2.54. The Morgan fingerprint density at radius 2 is 2.11 bits per heavy atom. The first-order chi connectivity index (χ1) is 8.49. The van der Waals surface area contributed by atoms with Crippen LogP contribution in [-0.2, 0) is 4.79 Å². The number of carbonyl (C=O) groups is 1. The summed E-state index contributed by atoms with van der Waals surface area (Å²) in [5.41, 5.74) is 12.4. The number of anilines is 1. The first-order valence-electron chi connectivity index (χ1n) is 5.50. The molecule has 0 radical (unpaired) electrons. The van der Waals surface area contributed by atoms with Gasteiger partial charge in [-0.25, -0.2) is 0 Å². The summed E-state index contributed by atoms with van der Waals surface area (Å²) in [7, 11) is 1.57. The molecule has 0 saturated heterocycles. The lowest BCUT2D eigenvalue weighted by molar-refractivity contribution is -0.116. The molecule has 98 valence electrons. The molecule has 0 saturated carbocycles. The maximum atomic E-state index is 11.1. The average Bonchev–Trinajstić information content (AvgIpc) is 2.34. The summed E-state index contributed by atoms with van der Waals surface area (Å²) in [5, 5.41) is 0. The van der Waals surface area contributed by atoms with Crippen LogP contribution >= 0.6 is 12.2 Å². The zero-order chi connectivity index (χ0) is 13.7. The Morgan fingerprint density at radius 1 is 1.44 bits per heavy atom. The predicted molar refractivity (Wildman–Crippen MR) is 76.0 cm³/mol. The largest absolute Gasteiger partial charge is 0.497 e. The molecule has 6 heteroatoms. The van der Waals surface area contributed by atoms with Crippen molar-refractivity contribution < 1.29 is 9.53 Å². The molecule has 1 aromatic rings. The van der Waals surface area contributed by atoms with Gasteiger partial charge < -0.3 is 21.1 Å². The van der Waals surface area contributed by atoms with Gasteiger partial charge >= 0.3 is 0 Å². The Morgan fingerprint density at radius 3 is 2.56 bits per heavy atom. The van der Waals surface area contributed by atoms with Gasteiger partial charge in [0.1, 0.15) is 10.7 Å². The highest BCUT2D eigenvalue weighted by atomic mass is 32.1. The smallest absolute Gasteiger partial charge is 0.236 e. The van der Waals surface area contributed by atoms with Crippen molar-refractivity contribution in [2.45, 2.75) is 6.92 Å². The van der Waals surface area contributed by atoms with Crippen LogP contribution in [0.3, 0.4) is 0 Å². The number of hydrogen-bond donors (Lipinski definition) is 2.